The smallest absolute Gasteiger partial charge is 0.344 e. The number of esters is 1. The Labute approximate surface area is 127 Å². The molecule has 0 spiro atoms. The van der Waals surface area contributed by atoms with E-state index in [2.05, 4.69) is 5.32 Å². The van der Waals surface area contributed by atoms with Crippen LogP contribution in [-0.4, -0.2) is 37.7 Å². The molecule has 1 atom stereocenters. The molecule has 1 aromatic carbocycles. The number of nitrogens with zero attached hydrogens (tertiary/aromatic N) is 1. The van der Waals surface area contributed by atoms with Crippen LogP contribution < -0.4 is 15.4 Å². The first-order chi connectivity index (χ1) is 10.5. The summed E-state index contributed by atoms with van der Waals surface area (Å²) in [5.74, 6) is -1.32. The van der Waals surface area contributed by atoms with E-state index in [-0.39, 0.29) is 11.3 Å². The van der Waals surface area contributed by atoms with Crippen LogP contribution in [0.3, 0.4) is 0 Å². The summed E-state index contributed by atoms with van der Waals surface area (Å²) in [5.41, 5.74) is 0.278. The van der Waals surface area contributed by atoms with Gasteiger partial charge < -0.3 is 14.8 Å². The molecular weight excluding hydrogens is 290 g/mol. The quantitative estimate of drug-likeness (QED) is 0.757. The fraction of sp³-hybridized carbons (Fsp3) is 0.286. The van der Waals surface area contributed by atoms with Crippen LogP contribution in [0.2, 0.25) is 0 Å². The number of amides is 3. The molecule has 0 radical (unpaired) electrons. The van der Waals surface area contributed by atoms with Crippen molar-refractivity contribution in [1.82, 2.24) is 10.6 Å². The maximum absolute atomic E-state index is 11.6. The topological polar surface area (TPSA) is 118 Å². The lowest BCUT2D eigenvalue weighted by Crippen LogP contribution is -2.43. The molecule has 0 bridgehead atoms. The number of nitriles is 1. The first-order valence-corrected chi connectivity index (χ1v) is 6.32. The van der Waals surface area contributed by atoms with Crippen LogP contribution in [0.25, 0.3) is 0 Å². The number of nitrogens with one attached hydrogen (secondary N) is 2. The Morgan fingerprint density at radius 3 is 2.64 bits per heavy atom. The van der Waals surface area contributed by atoms with Gasteiger partial charge in [0.25, 0.3) is 5.91 Å². The third-order valence-corrected chi connectivity index (χ3v) is 2.49. The second kappa shape index (κ2) is 8.26. The Morgan fingerprint density at radius 1 is 1.32 bits per heavy atom. The average Bonchev–Trinajstić information content (AvgIpc) is 2.52. The summed E-state index contributed by atoms with van der Waals surface area (Å²) in [5, 5.41) is 13.0. The van der Waals surface area contributed by atoms with Crippen molar-refractivity contribution in [2.75, 3.05) is 13.7 Å². The summed E-state index contributed by atoms with van der Waals surface area (Å²) >= 11 is 0. The summed E-state index contributed by atoms with van der Waals surface area (Å²) in [6, 6.07) is 7.61. The Bertz CT molecular complexity index is 609. The number of benzene rings is 1. The molecule has 1 rings (SSSR count). The van der Waals surface area contributed by atoms with Crippen molar-refractivity contribution in [2.45, 2.75) is 13.0 Å². The molecule has 0 heterocycles. The number of hydrogen-bond donors (Lipinski definition) is 2. The Kier molecular flexibility index (Phi) is 6.37. The number of hydrogen-bond acceptors (Lipinski definition) is 6. The summed E-state index contributed by atoms with van der Waals surface area (Å²) in [4.78, 5) is 34.0. The summed E-state index contributed by atoms with van der Waals surface area (Å²) in [6.45, 7) is 0.857. The van der Waals surface area contributed by atoms with E-state index < -0.39 is 30.6 Å². The van der Waals surface area contributed by atoms with Gasteiger partial charge in [0, 0.05) is 7.05 Å². The summed E-state index contributed by atoms with van der Waals surface area (Å²) in [6.07, 6.45) is -1.15. The number of ether oxygens (including phenoxy) is 2. The van der Waals surface area contributed by atoms with Crippen molar-refractivity contribution < 1.29 is 23.9 Å². The minimum atomic E-state index is -1.15. The molecule has 3 amide bonds. The lowest BCUT2D eigenvalue weighted by atomic mass is 10.2. The zero-order chi connectivity index (χ0) is 16.5. The summed E-state index contributed by atoms with van der Waals surface area (Å²) < 4.78 is 9.98. The molecule has 0 fully saturated rings. The molecule has 22 heavy (non-hydrogen) atoms. The van der Waals surface area contributed by atoms with E-state index in [1.54, 1.807) is 18.2 Å². The standard InChI is InChI=1S/C14H15N3O5/c1-9(13(19)17-14(20)16-2)22-12(18)8-21-11-6-4-3-5-10(11)7-15/h3-6,9H,8H2,1-2H3,(H2,16,17,19,20)/t9-/m1/s1. The molecule has 116 valence electrons. The lowest BCUT2D eigenvalue weighted by Gasteiger charge is -2.13. The zero-order valence-corrected chi connectivity index (χ0v) is 12.1. The SMILES string of the molecule is CNC(=O)NC(=O)[C@@H](C)OC(=O)COc1ccccc1C#N. The van der Waals surface area contributed by atoms with E-state index in [1.807, 2.05) is 11.4 Å². The molecule has 8 heteroatoms. The molecule has 2 N–H and O–H groups in total. The van der Waals surface area contributed by atoms with E-state index in [0.717, 1.165) is 0 Å². The highest BCUT2D eigenvalue weighted by Gasteiger charge is 2.20. The van der Waals surface area contributed by atoms with E-state index in [0.29, 0.717) is 0 Å². The highest BCUT2D eigenvalue weighted by molar-refractivity contribution is 5.97. The number of para-hydroxylation sites is 1. The number of carbonyl (C=O) groups is 3. The summed E-state index contributed by atoms with van der Waals surface area (Å²) in [7, 11) is 1.35. The molecule has 0 saturated carbocycles. The fourth-order valence-corrected chi connectivity index (χ4v) is 1.38. The Morgan fingerprint density at radius 2 is 2.00 bits per heavy atom. The molecule has 0 aromatic heterocycles. The highest BCUT2D eigenvalue weighted by Crippen LogP contribution is 2.16. The molecule has 1 aromatic rings. The van der Waals surface area contributed by atoms with Crippen molar-refractivity contribution in [2.24, 2.45) is 0 Å². The Balaban J connectivity index is 2.48. The van der Waals surface area contributed by atoms with Gasteiger partial charge in [-0.3, -0.25) is 10.1 Å². The molecule has 0 aliphatic heterocycles. The predicted octanol–water partition coefficient (Wildman–Crippen LogP) is 0.324. The van der Waals surface area contributed by atoms with Gasteiger partial charge in [0.15, 0.2) is 12.7 Å². The van der Waals surface area contributed by atoms with Gasteiger partial charge >= 0.3 is 12.0 Å². The maximum atomic E-state index is 11.6. The first kappa shape index (κ1) is 17.0. The molecule has 8 nitrogen and oxygen atoms in total. The highest BCUT2D eigenvalue weighted by atomic mass is 16.6. The second-order valence-corrected chi connectivity index (χ2v) is 4.10. The van der Waals surface area contributed by atoms with Crippen molar-refractivity contribution >= 4 is 17.9 Å². The Hall–Kier alpha value is -3.08. The van der Waals surface area contributed by atoms with Gasteiger partial charge in [0.1, 0.15) is 11.8 Å². The average molecular weight is 305 g/mol. The number of rotatable bonds is 5. The van der Waals surface area contributed by atoms with E-state index in [9.17, 15) is 14.4 Å². The lowest BCUT2D eigenvalue weighted by molar-refractivity contribution is -0.156. The number of urea groups is 1. The van der Waals surface area contributed by atoms with Crippen LogP contribution in [0.15, 0.2) is 24.3 Å². The molecule has 0 unspecified atom stereocenters. The molecule has 0 aliphatic carbocycles. The maximum Gasteiger partial charge on any atom is 0.344 e. The van der Waals surface area contributed by atoms with Gasteiger partial charge in [-0.1, -0.05) is 12.1 Å². The monoisotopic (exact) mass is 305 g/mol. The minimum Gasteiger partial charge on any atom is -0.481 e. The fourth-order valence-electron chi connectivity index (χ4n) is 1.38. The third kappa shape index (κ3) is 5.13. The van der Waals surface area contributed by atoms with Gasteiger partial charge in [0.2, 0.25) is 0 Å². The zero-order valence-electron chi connectivity index (χ0n) is 12.1. The van der Waals surface area contributed by atoms with Crippen molar-refractivity contribution in [3.8, 4) is 11.8 Å². The minimum absolute atomic E-state index is 0.240. The van der Waals surface area contributed by atoms with Crippen LogP contribution in [0.5, 0.6) is 5.75 Å². The van der Waals surface area contributed by atoms with Gasteiger partial charge in [-0.05, 0) is 19.1 Å². The normalized spacial score (nSPS) is 10.8. The number of imide groups is 1. The van der Waals surface area contributed by atoms with Crippen LogP contribution in [-0.2, 0) is 14.3 Å². The predicted molar refractivity (Wildman–Crippen MR) is 74.8 cm³/mol. The molecule has 0 saturated heterocycles. The largest absolute Gasteiger partial charge is 0.481 e. The van der Waals surface area contributed by atoms with Crippen LogP contribution in [0.4, 0.5) is 4.79 Å². The van der Waals surface area contributed by atoms with Crippen LogP contribution in [0.1, 0.15) is 12.5 Å². The van der Waals surface area contributed by atoms with E-state index in [1.165, 1.54) is 20.0 Å². The van der Waals surface area contributed by atoms with Gasteiger partial charge in [0.05, 0.1) is 5.56 Å². The van der Waals surface area contributed by atoms with Crippen molar-refractivity contribution in [3.05, 3.63) is 29.8 Å². The van der Waals surface area contributed by atoms with Gasteiger partial charge in [-0.2, -0.15) is 5.26 Å². The molecule has 0 aliphatic rings. The van der Waals surface area contributed by atoms with Gasteiger partial charge in [-0.25, -0.2) is 9.59 Å². The van der Waals surface area contributed by atoms with E-state index >= 15 is 0 Å². The molecular formula is C14H15N3O5. The first-order valence-electron chi connectivity index (χ1n) is 6.32. The second-order valence-electron chi connectivity index (χ2n) is 4.10. The van der Waals surface area contributed by atoms with Crippen molar-refractivity contribution in [3.63, 3.8) is 0 Å². The van der Waals surface area contributed by atoms with Crippen LogP contribution in [0, 0.1) is 11.3 Å². The van der Waals surface area contributed by atoms with Crippen LogP contribution >= 0.6 is 0 Å². The van der Waals surface area contributed by atoms with Crippen molar-refractivity contribution in [1.29, 1.82) is 5.26 Å². The third-order valence-electron chi connectivity index (χ3n) is 2.49. The van der Waals surface area contributed by atoms with Gasteiger partial charge in [-0.15, -0.1) is 0 Å². The number of carbonyl (C=O) groups excluding carboxylic acids is 3. The van der Waals surface area contributed by atoms with E-state index in [4.69, 9.17) is 14.7 Å².